The van der Waals surface area contributed by atoms with Crippen LogP contribution in [0.1, 0.15) is 12.8 Å². The van der Waals surface area contributed by atoms with Gasteiger partial charge in [0.05, 0.1) is 6.17 Å². The first kappa shape index (κ1) is 8.37. The second-order valence-electron chi connectivity index (χ2n) is 3.04. The Hall–Kier alpha value is 0.270. The highest BCUT2D eigenvalue weighted by atomic mass is 32.1. The van der Waals surface area contributed by atoms with Gasteiger partial charge in [-0.1, -0.05) is 0 Å². The maximum absolute atomic E-state index is 4.27. The Kier molecular flexibility index (Phi) is 3.01. The molecule has 1 heterocycles. The van der Waals surface area contributed by atoms with Crippen LogP contribution < -0.4 is 0 Å². The molecule has 1 aliphatic heterocycles. The molecular weight excluding hydrogens is 144 g/mol. The van der Waals surface area contributed by atoms with Crippen molar-refractivity contribution >= 4 is 12.6 Å². The van der Waals surface area contributed by atoms with Crippen LogP contribution in [-0.4, -0.2) is 42.5 Å². The van der Waals surface area contributed by atoms with Crippen LogP contribution in [-0.2, 0) is 0 Å². The molecule has 0 amide bonds. The van der Waals surface area contributed by atoms with Gasteiger partial charge in [-0.2, -0.15) is 12.6 Å². The zero-order chi connectivity index (χ0) is 7.56. The Balaban J connectivity index is 2.42. The van der Waals surface area contributed by atoms with Gasteiger partial charge in [0.15, 0.2) is 0 Å². The summed E-state index contributed by atoms with van der Waals surface area (Å²) in [7, 11) is 4.26. The topological polar surface area (TPSA) is 6.48 Å². The summed E-state index contributed by atoms with van der Waals surface area (Å²) in [6.45, 7) is 1.21. The van der Waals surface area contributed by atoms with Gasteiger partial charge in [0.25, 0.3) is 0 Å². The predicted octanol–water partition coefficient (Wildman–Crippen LogP) is 0.857. The van der Waals surface area contributed by atoms with Crippen LogP contribution in [0.15, 0.2) is 0 Å². The molecule has 0 N–H and O–H groups in total. The molecule has 0 saturated carbocycles. The first-order valence-corrected chi connectivity index (χ1v) is 4.40. The number of likely N-dealkylation sites (tertiary alicyclic amines) is 1. The fraction of sp³-hybridized carbons (Fsp3) is 1.00. The van der Waals surface area contributed by atoms with Crippen molar-refractivity contribution in [3.05, 3.63) is 0 Å². The Morgan fingerprint density at radius 3 is 2.70 bits per heavy atom. The summed E-state index contributed by atoms with van der Waals surface area (Å²) in [5, 5.41) is 0. The Morgan fingerprint density at radius 2 is 2.30 bits per heavy atom. The van der Waals surface area contributed by atoms with E-state index in [2.05, 4.69) is 36.5 Å². The molecule has 0 radical (unpaired) electrons. The summed E-state index contributed by atoms with van der Waals surface area (Å²) < 4.78 is 0. The van der Waals surface area contributed by atoms with Gasteiger partial charge in [0.2, 0.25) is 0 Å². The van der Waals surface area contributed by atoms with E-state index in [-0.39, 0.29) is 0 Å². The average molecular weight is 160 g/mol. The number of thiol groups is 1. The third-order valence-corrected chi connectivity index (χ3v) is 2.47. The normalized spacial score (nSPS) is 28.2. The number of hydrogen-bond acceptors (Lipinski definition) is 3. The van der Waals surface area contributed by atoms with Crippen LogP contribution in [0.5, 0.6) is 0 Å². The molecular formula is C7H16N2S. The lowest BCUT2D eigenvalue weighted by molar-refractivity contribution is 0.141. The van der Waals surface area contributed by atoms with Crippen LogP contribution in [0.25, 0.3) is 0 Å². The van der Waals surface area contributed by atoms with Gasteiger partial charge in [-0.25, -0.2) is 0 Å². The monoisotopic (exact) mass is 160 g/mol. The smallest absolute Gasteiger partial charge is 0.0624 e. The van der Waals surface area contributed by atoms with E-state index in [0.29, 0.717) is 6.17 Å². The van der Waals surface area contributed by atoms with Crippen molar-refractivity contribution in [2.75, 3.05) is 26.5 Å². The standard InChI is InChI=1S/C7H16N2S/c1-8(2)7-4-3-5-9(7)6-10/h7,10H,3-6H2,1-2H3. The molecule has 1 atom stereocenters. The van der Waals surface area contributed by atoms with Crippen LogP contribution in [0.3, 0.4) is 0 Å². The van der Waals surface area contributed by atoms with E-state index in [0.717, 1.165) is 5.88 Å². The highest BCUT2D eigenvalue weighted by Crippen LogP contribution is 2.18. The summed E-state index contributed by atoms with van der Waals surface area (Å²) in [6.07, 6.45) is 3.26. The lowest BCUT2D eigenvalue weighted by Gasteiger charge is -2.27. The molecule has 10 heavy (non-hydrogen) atoms. The quantitative estimate of drug-likeness (QED) is 0.599. The Labute approximate surface area is 68.6 Å². The zero-order valence-corrected chi connectivity index (χ0v) is 7.64. The van der Waals surface area contributed by atoms with Crippen molar-refractivity contribution < 1.29 is 0 Å². The van der Waals surface area contributed by atoms with Crippen molar-refractivity contribution in [2.45, 2.75) is 19.0 Å². The van der Waals surface area contributed by atoms with Crippen LogP contribution in [0.4, 0.5) is 0 Å². The fourth-order valence-corrected chi connectivity index (χ4v) is 1.89. The molecule has 2 nitrogen and oxygen atoms in total. The summed E-state index contributed by atoms with van der Waals surface area (Å²) in [5.41, 5.74) is 0. The maximum atomic E-state index is 4.27. The van der Waals surface area contributed by atoms with Crippen molar-refractivity contribution in [2.24, 2.45) is 0 Å². The van der Waals surface area contributed by atoms with E-state index < -0.39 is 0 Å². The van der Waals surface area contributed by atoms with Gasteiger partial charge in [-0.3, -0.25) is 9.80 Å². The van der Waals surface area contributed by atoms with Gasteiger partial charge in [0.1, 0.15) is 0 Å². The number of hydrogen-bond donors (Lipinski definition) is 1. The highest BCUT2D eigenvalue weighted by Gasteiger charge is 2.24. The average Bonchev–Trinajstić information content (AvgIpc) is 2.33. The lowest BCUT2D eigenvalue weighted by atomic mass is 10.3. The number of nitrogens with zero attached hydrogens (tertiary/aromatic N) is 2. The molecule has 1 unspecified atom stereocenters. The van der Waals surface area contributed by atoms with Crippen LogP contribution in [0, 0.1) is 0 Å². The molecule has 0 aromatic carbocycles. The van der Waals surface area contributed by atoms with Crippen LogP contribution >= 0.6 is 12.6 Å². The number of rotatable bonds is 2. The molecule has 0 aromatic rings. The maximum Gasteiger partial charge on any atom is 0.0624 e. The van der Waals surface area contributed by atoms with Gasteiger partial charge in [0, 0.05) is 12.4 Å². The van der Waals surface area contributed by atoms with E-state index in [1.165, 1.54) is 19.4 Å². The third-order valence-electron chi connectivity index (χ3n) is 2.11. The van der Waals surface area contributed by atoms with E-state index in [1.807, 2.05) is 0 Å². The molecule has 0 bridgehead atoms. The highest BCUT2D eigenvalue weighted by molar-refractivity contribution is 7.80. The second kappa shape index (κ2) is 3.60. The van der Waals surface area contributed by atoms with Gasteiger partial charge in [-0.15, -0.1) is 0 Å². The predicted molar refractivity (Wildman–Crippen MR) is 47.3 cm³/mol. The fourth-order valence-electron chi connectivity index (χ4n) is 1.56. The van der Waals surface area contributed by atoms with Crippen molar-refractivity contribution in [3.8, 4) is 0 Å². The minimum absolute atomic E-state index is 0.637. The minimum atomic E-state index is 0.637. The second-order valence-corrected chi connectivity index (χ2v) is 3.32. The summed E-state index contributed by atoms with van der Waals surface area (Å²) in [6, 6.07) is 0. The lowest BCUT2D eigenvalue weighted by Crippen LogP contribution is -2.39. The summed E-state index contributed by atoms with van der Waals surface area (Å²) in [4.78, 5) is 4.66. The molecule has 1 fully saturated rings. The van der Waals surface area contributed by atoms with E-state index >= 15 is 0 Å². The van der Waals surface area contributed by atoms with Gasteiger partial charge >= 0.3 is 0 Å². The third kappa shape index (κ3) is 1.65. The van der Waals surface area contributed by atoms with Crippen molar-refractivity contribution in [1.29, 1.82) is 0 Å². The van der Waals surface area contributed by atoms with Crippen molar-refractivity contribution in [1.82, 2.24) is 9.80 Å². The largest absolute Gasteiger partial charge is 0.294 e. The minimum Gasteiger partial charge on any atom is -0.294 e. The summed E-state index contributed by atoms with van der Waals surface area (Å²) in [5.74, 6) is 0.892. The van der Waals surface area contributed by atoms with Gasteiger partial charge in [-0.05, 0) is 26.9 Å². The van der Waals surface area contributed by atoms with Crippen LogP contribution in [0.2, 0.25) is 0 Å². The molecule has 1 saturated heterocycles. The molecule has 0 aromatic heterocycles. The van der Waals surface area contributed by atoms with E-state index in [4.69, 9.17) is 0 Å². The van der Waals surface area contributed by atoms with E-state index in [9.17, 15) is 0 Å². The Morgan fingerprint density at radius 1 is 1.60 bits per heavy atom. The summed E-state index contributed by atoms with van der Waals surface area (Å²) >= 11 is 4.27. The molecule has 0 aliphatic carbocycles. The van der Waals surface area contributed by atoms with Gasteiger partial charge < -0.3 is 0 Å². The first-order valence-electron chi connectivity index (χ1n) is 3.77. The SMILES string of the molecule is CN(C)C1CCCN1CS. The van der Waals surface area contributed by atoms with Crippen molar-refractivity contribution in [3.63, 3.8) is 0 Å². The molecule has 0 spiro atoms. The zero-order valence-electron chi connectivity index (χ0n) is 6.75. The van der Waals surface area contributed by atoms with E-state index in [1.54, 1.807) is 0 Å². The first-order chi connectivity index (χ1) is 4.75. The molecule has 1 aliphatic rings. The Bertz CT molecular complexity index is 106. The molecule has 60 valence electrons. The molecule has 1 rings (SSSR count). The molecule has 3 heteroatoms.